The number of carbonyl (C=O) groups is 1. The molecule has 0 aromatic heterocycles. The molecule has 32 heavy (non-hydrogen) atoms. The van der Waals surface area contributed by atoms with Crippen LogP contribution in [-0.4, -0.2) is 32.4 Å². The highest BCUT2D eigenvalue weighted by atomic mass is 32.2. The van der Waals surface area contributed by atoms with E-state index in [1.165, 1.54) is 0 Å². The maximum atomic E-state index is 13.0. The van der Waals surface area contributed by atoms with Crippen LogP contribution < -0.4 is 14.4 Å². The van der Waals surface area contributed by atoms with Gasteiger partial charge in [0, 0.05) is 4.90 Å². The van der Waals surface area contributed by atoms with E-state index in [0.29, 0.717) is 22.9 Å². The van der Waals surface area contributed by atoms with Crippen molar-refractivity contribution >= 4 is 39.1 Å². The van der Waals surface area contributed by atoms with Gasteiger partial charge in [-0.1, -0.05) is 37.3 Å². The van der Waals surface area contributed by atoms with Gasteiger partial charge < -0.3 is 10.1 Å². The summed E-state index contributed by atoms with van der Waals surface area (Å²) in [6.07, 6.45) is 1.09. The number of para-hydroxylation sites is 2. The lowest BCUT2D eigenvalue weighted by Crippen LogP contribution is -2.45. The van der Waals surface area contributed by atoms with Gasteiger partial charge >= 0.3 is 0 Å². The van der Waals surface area contributed by atoms with E-state index < -0.39 is 22.0 Å². The predicted molar refractivity (Wildman–Crippen MR) is 131 cm³/mol. The molecule has 168 valence electrons. The van der Waals surface area contributed by atoms with Gasteiger partial charge in [0.25, 0.3) is 0 Å². The molecule has 3 rings (SSSR count). The molecule has 0 bridgehead atoms. The molecular formula is C24H26N2O4S2. The second-order valence-electron chi connectivity index (χ2n) is 7.06. The quantitative estimate of drug-likeness (QED) is 0.425. The summed E-state index contributed by atoms with van der Waals surface area (Å²) in [6, 6.07) is 22.4. The summed E-state index contributed by atoms with van der Waals surface area (Å²) >= 11 is 1.61. The van der Waals surface area contributed by atoms with Crippen molar-refractivity contribution in [2.24, 2.45) is 0 Å². The first-order valence-corrected chi connectivity index (χ1v) is 13.0. The second-order valence-corrected chi connectivity index (χ2v) is 10.2. The van der Waals surface area contributed by atoms with Gasteiger partial charge in [-0.25, -0.2) is 8.42 Å². The molecule has 1 amide bonds. The molecule has 0 heterocycles. The summed E-state index contributed by atoms with van der Waals surface area (Å²) in [5, 5.41) is 2.87. The van der Waals surface area contributed by atoms with Gasteiger partial charge in [-0.15, -0.1) is 11.8 Å². The molecule has 0 spiro atoms. The summed E-state index contributed by atoms with van der Waals surface area (Å²) in [6.45, 7) is 3.60. The Morgan fingerprint density at radius 3 is 2.19 bits per heavy atom. The molecule has 3 aromatic rings. The van der Waals surface area contributed by atoms with Crippen LogP contribution >= 0.6 is 11.8 Å². The fourth-order valence-corrected chi connectivity index (χ4v) is 5.12. The Kier molecular flexibility index (Phi) is 7.82. The van der Waals surface area contributed by atoms with Crippen LogP contribution in [0.4, 0.5) is 11.4 Å². The third-order valence-electron chi connectivity index (χ3n) is 4.60. The average molecular weight is 471 g/mol. The fourth-order valence-electron chi connectivity index (χ4n) is 3.18. The molecule has 0 saturated carbocycles. The molecule has 0 aliphatic carbocycles. The Labute approximate surface area is 193 Å². The first-order valence-electron chi connectivity index (χ1n) is 10.1. The van der Waals surface area contributed by atoms with Crippen LogP contribution in [0, 0.1) is 0 Å². The summed E-state index contributed by atoms with van der Waals surface area (Å²) in [4.78, 5) is 13.9. The van der Waals surface area contributed by atoms with Crippen LogP contribution in [0.5, 0.6) is 11.5 Å². The van der Waals surface area contributed by atoms with Crippen molar-refractivity contribution in [3.63, 3.8) is 0 Å². The minimum Gasteiger partial charge on any atom is -0.457 e. The Hall–Kier alpha value is -2.97. The monoisotopic (exact) mass is 470 g/mol. The molecule has 0 saturated heterocycles. The zero-order chi connectivity index (χ0) is 23.1. The fraction of sp³-hybridized carbons (Fsp3) is 0.208. The number of rotatable bonds is 9. The van der Waals surface area contributed by atoms with Crippen LogP contribution in [0.2, 0.25) is 0 Å². The van der Waals surface area contributed by atoms with E-state index in [-0.39, 0.29) is 0 Å². The number of ether oxygens (including phenoxy) is 1. The first kappa shape index (κ1) is 23.7. The third-order valence-corrected chi connectivity index (χ3v) is 6.80. The summed E-state index contributed by atoms with van der Waals surface area (Å²) in [5.41, 5.74) is 1.04. The maximum absolute atomic E-state index is 13.0. The smallest absolute Gasteiger partial charge is 0.248 e. The molecule has 1 N–H and O–H groups in total. The second kappa shape index (κ2) is 10.6. The molecule has 8 heteroatoms. The lowest BCUT2D eigenvalue weighted by atomic mass is 10.2. The van der Waals surface area contributed by atoms with Crippen molar-refractivity contribution in [3.8, 4) is 11.5 Å². The Morgan fingerprint density at radius 1 is 0.969 bits per heavy atom. The van der Waals surface area contributed by atoms with Crippen LogP contribution in [0.1, 0.15) is 13.8 Å². The topological polar surface area (TPSA) is 75.7 Å². The Morgan fingerprint density at radius 2 is 1.56 bits per heavy atom. The summed E-state index contributed by atoms with van der Waals surface area (Å²) in [7, 11) is -3.72. The Bertz CT molecular complexity index is 1150. The summed E-state index contributed by atoms with van der Waals surface area (Å²) < 4.78 is 32.1. The molecule has 0 unspecified atom stereocenters. The molecule has 1 atom stereocenters. The predicted octanol–water partition coefficient (Wildman–Crippen LogP) is 5.38. The zero-order valence-electron chi connectivity index (χ0n) is 18.2. The lowest BCUT2D eigenvalue weighted by Gasteiger charge is -2.28. The number of thioether (sulfide) groups is 1. The van der Waals surface area contributed by atoms with Crippen LogP contribution in [-0.2, 0) is 14.8 Å². The van der Waals surface area contributed by atoms with Crippen molar-refractivity contribution in [2.75, 3.05) is 21.6 Å². The van der Waals surface area contributed by atoms with Crippen molar-refractivity contribution < 1.29 is 17.9 Å². The average Bonchev–Trinajstić information content (AvgIpc) is 2.76. The van der Waals surface area contributed by atoms with Crippen LogP contribution in [0.25, 0.3) is 0 Å². The highest BCUT2D eigenvalue weighted by molar-refractivity contribution is 7.99. The number of hydrogen-bond donors (Lipinski definition) is 1. The van der Waals surface area contributed by atoms with Gasteiger partial charge in [0.15, 0.2) is 0 Å². The molecule has 0 fully saturated rings. The Balaban J connectivity index is 1.81. The van der Waals surface area contributed by atoms with Crippen LogP contribution in [0.15, 0.2) is 83.8 Å². The summed E-state index contributed by atoms with van der Waals surface area (Å²) in [5.74, 6) is 1.69. The molecule has 3 aromatic carbocycles. The molecule has 0 radical (unpaired) electrons. The van der Waals surface area contributed by atoms with Gasteiger partial charge in [0.05, 0.1) is 17.6 Å². The van der Waals surface area contributed by atoms with Crippen LogP contribution in [0.3, 0.4) is 0 Å². The highest BCUT2D eigenvalue weighted by Crippen LogP contribution is 2.29. The van der Waals surface area contributed by atoms with E-state index in [0.717, 1.165) is 21.2 Å². The van der Waals surface area contributed by atoms with Gasteiger partial charge in [0.2, 0.25) is 15.9 Å². The molecule has 0 aliphatic heterocycles. The largest absolute Gasteiger partial charge is 0.457 e. The SMILES string of the molecule is CCSc1ccccc1NC(=O)[C@H](C)N(c1ccc(Oc2ccccc2)cc1)S(C)(=O)=O. The van der Waals surface area contributed by atoms with E-state index in [9.17, 15) is 13.2 Å². The van der Waals surface area contributed by atoms with E-state index in [1.807, 2.05) is 61.5 Å². The van der Waals surface area contributed by atoms with Crippen molar-refractivity contribution in [3.05, 3.63) is 78.9 Å². The number of benzene rings is 3. The molecule has 6 nitrogen and oxygen atoms in total. The highest BCUT2D eigenvalue weighted by Gasteiger charge is 2.29. The third kappa shape index (κ3) is 6.05. The van der Waals surface area contributed by atoms with E-state index in [4.69, 9.17) is 4.74 Å². The first-order chi connectivity index (χ1) is 15.3. The van der Waals surface area contributed by atoms with Gasteiger partial charge in [-0.2, -0.15) is 0 Å². The van der Waals surface area contributed by atoms with Crippen molar-refractivity contribution in [1.82, 2.24) is 0 Å². The maximum Gasteiger partial charge on any atom is 0.248 e. The number of nitrogens with one attached hydrogen (secondary N) is 1. The number of carbonyl (C=O) groups excluding carboxylic acids is 1. The van der Waals surface area contributed by atoms with Gasteiger partial charge in [0.1, 0.15) is 17.5 Å². The number of nitrogens with zero attached hydrogens (tertiary/aromatic N) is 1. The zero-order valence-corrected chi connectivity index (χ0v) is 19.8. The minimum atomic E-state index is -3.72. The standard InChI is InChI=1S/C24H26N2O4S2/c1-4-31-23-13-9-8-12-22(23)25-24(27)18(2)26(32(3,28)29)19-14-16-21(17-15-19)30-20-10-6-5-7-11-20/h5-18H,4H2,1-3H3,(H,25,27)/t18-/m0/s1. The minimum absolute atomic E-state index is 0.381. The number of anilines is 2. The van der Waals surface area contributed by atoms with Crippen molar-refractivity contribution in [1.29, 1.82) is 0 Å². The lowest BCUT2D eigenvalue weighted by molar-refractivity contribution is -0.116. The molecule has 0 aliphatic rings. The van der Waals surface area contributed by atoms with E-state index in [1.54, 1.807) is 43.0 Å². The van der Waals surface area contributed by atoms with Gasteiger partial charge in [-0.3, -0.25) is 9.10 Å². The van der Waals surface area contributed by atoms with Gasteiger partial charge in [-0.05, 0) is 61.2 Å². The van der Waals surface area contributed by atoms with E-state index >= 15 is 0 Å². The van der Waals surface area contributed by atoms with Crippen molar-refractivity contribution in [2.45, 2.75) is 24.8 Å². The molecular weight excluding hydrogens is 444 g/mol. The number of sulfonamides is 1. The van der Waals surface area contributed by atoms with E-state index in [2.05, 4.69) is 5.32 Å². The normalized spacial score (nSPS) is 12.1. The number of hydrogen-bond acceptors (Lipinski definition) is 5. The number of amides is 1.